The average molecular weight is 471 g/mol. The van der Waals surface area contributed by atoms with Gasteiger partial charge in [0, 0.05) is 62.3 Å². The minimum Gasteiger partial charge on any atom is -0.374 e. The van der Waals surface area contributed by atoms with Crippen LogP contribution in [0.15, 0.2) is 55.0 Å². The van der Waals surface area contributed by atoms with Crippen LogP contribution in [0.2, 0.25) is 0 Å². The van der Waals surface area contributed by atoms with E-state index < -0.39 is 0 Å². The lowest BCUT2D eigenvalue weighted by molar-refractivity contribution is -0.0684. The lowest BCUT2D eigenvalue weighted by atomic mass is 9.82. The molecule has 0 spiro atoms. The second-order valence-electron chi connectivity index (χ2n) is 9.12. The number of rotatable bonds is 8. The van der Waals surface area contributed by atoms with Crippen molar-refractivity contribution < 1.29 is 9.13 Å². The van der Waals surface area contributed by atoms with Crippen LogP contribution in [0, 0.1) is 11.7 Å². The Morgan fingerprint density at radius 1 is 1.03 bits per heavy atom. The van der Waals surface area contributed by atoms with E-state index >= 15 is 0 Å². The van der Waals surface area contributed by atoms with Crippen LogP contribution in [0.3, 0.4) is 0 Å². The number of anilines is 1. The summed E-state index contributed by atoms with van der Waals surface area (Å²) in [7, 11) is 1.80. The van der Waals surface area contributed by atoms with Gasteiger partial charge in [-0.2, -0.15) is 0 Å². The highest BCUT2D eigenvalue weighted by Gasteiger charge is 2.46. The maximum Gasteiger partial charge on any atom is 0.123 e. The first-order valence-electron chi connectivity index (χ1n) is 11.2. The van der Waals surface area contributed by atoms with E-state index in [-0.39, 0.29) is 29.7 Å². The standard InChI is InChI=1S/C26H31FN4O.ClH/c1-18(2)26(32-4)16-31(17-26)25-13-22(11-19(3)20-5-7-21(27)8-6-20)30-23(14-25)12-24-15-28-9-10-29-24;/h5-10,13-15,18-19H,11-12,16-17H2,1-4H3;1H/t19-;/m1./s1. The van der Waals surface area contributed by atoms with Gasteiger partial charge in [0.25, 0.3) is 0 Å². The van der Waals surface area contributed by atoms with Crippen LogP contribution in [-0.4, -0.2) is 40.8 Å². The Kier molecular flexibility index (Phi) is 8.03. The first-order valence-corrected chi connectivity index (χ1v) is 11.2. The van der Waals surface area contributed by atoms with Gasteiger partial charge < -0.3 is 9.64 Å². The van der Waals surface area contributed by atoms with Crippen molar-refractivity contribution >= 4 is 18.1 Å². The van der Waals surface area contributed by atoms with Crippen molar-refractivity contribution in [3.8, 4) is 0 Å². The number of hydrogen-bond donors (Lipinski definition) is 0. The van der Waals surface area contributed by atoms with Crippen molar-refractivity contribution in [2.75, 3.05) is 25.1 Å². The molecule has 2 aromatic heterocycles. The van der Waals surface area contributed by atoms with Gasteiger partial charge in [0.05, 0.1) is 5.69 Å². The highest BCUT2D eigenvalue weighted by molar-refractivity contribution is 5.85. The second kappa shape index (κ2) is 10.6. The highest BCUT2D eigenvalue weighted by atomic mass is 35.5. The van der Waals surface area contributed by atoms with Crippen LogP contribution in [0.5, 0.6) is 0 Å². The SMILES string of the molecule is COC1(C(C)C)CN(c2cc(Cc3cnccn3)nc(C[C@@H](C)c3ccc(F)cc3)c2)C1.Cl. The molecule has 1 aliphatic rings. The summed E-state index contributed by atoms with van der Waals surface area (Å²) < 4.78 is 19.2. The molecule has 1 saturated heterocycles. The van der Waals surface area contributed by atoms with Gasteiger partial charge in [0.2, 0.25) is 0 Å². The van der Waals surface area contributed by atoms with Crippen molar-refractivity contribution in [3.05, 3.63) is 83.5 Å². The molecule has 0 N–H and O–H groups in total. The smallest absolute Gasteiger partial charge is 0.123 e. The molecule has 3 aromatic rings. The number of benzene rings is 1. The largest absolute Gasteiger partial charge is 0.374 e. The van der Waals surface area contributed by atoms with Gasteiger partial charge in [-0.05, 0) is 48.1 Å². The molecule has 0 unspecified atom stereocenters. The molecule has 0 bridgehead atoms. The molecule has 4 rings (SSSR count). The van der Waals surface area contributed by atoms with Gasteiger partial charge in [-0.1, -0.05) is 32.9 Å². The summed E-state index contributed by atoms with van der Waals surface area (Å²) in [6, 6.07) is 11.1. The summed E-state index contributed by atoms with van der Waals surface area (Å²) >= 11 is 0. The van der Waals surface area contributed by atoms with Crippen LogP contribution in [0.25, 0.3) is 0 Å². The molecule has 5 nitrogen and oxygen atoms in total. The minimum absolute atomic E-state index is 0. The van der Waals surface area contributed by atoms with Crippen LogP contribution in [-0.2, 0) is 17.6 Å². The van der Waals surface area contributed by atoms with Crippen LogP contribution in [0.4, 0.5) is 10.1 Å². The third kappa shape index (κ3) is 5.68. The topological polar surface area (TPSA) is 51.1 Å². The predicted octanol–water partition coefficient (Wildman–Crippen LogP) is 5.23. The van der Waals surface area contributed by atoms with Crippen LogP contribution >= 0.6 is 12.4 Å². The number of ether oxygens (including phenoxy) is 1. The molecular formula is C26H32ClFN4O. The molecule has 176 valence electrons. The molecular weight excluding hydrogens is 439 g/mol. The number of pyridine rings is 1. The molecule has 0 saturated carbocycles. The molecule has 3 heterocycles. The zero-order valence-corrected chi connectivity index (χ0v) is 20.5. The Hall–Kier alpha value is -2.57. The Morgan fingerprint density at radius 3 is 2.33 bits per heavy atom. The Labute approximate surface area is 201 Å². The average Bonchev–Trinajstić information content (AvgIpc) is 2.74. The Balaban J connectivity index is 0.00000306. The van der Waals surface area contributed by atoms with Crippen molar-refractivity contribution in [1.29, 1.82) is 0 Å². The maximum absolute atomic E-state index is 13.3. The van der Waals surface area contributed by atoms with E-state index in [9.17, 15) is 4.39 Å². The van der Waals surface area contributed by atoms with Gasteiger partial charge in [0.15, 0.2) is 0 Å². The third-order valence-electron chi connectivity index (χ3n) is 6.59. The zero-order chi connectivity index (χ0) is 22.7. The Morgan fingerprint density at radius 2 is 1.73 bits per heavy atom. The third-order valence-corrected chi connectivity index (χ3v) is 6.59. The monoisotopic (exact) mass is 470 g/mol. The van der Waals surface area contributed by atoms with Gasteiger partial charge in [0.1, 0.15) is 11.4 Å². The molecule has 0 aliphatic carbocycles. The molecule has 1 aliphatic heterocycles. The lowest BCUT2D eigenvalue weighted by Gasteiger charge is -2.52. The molecule has 1 atom stereocenters. The van der Waals surface area contributed by atoms with E-state index in [1.807, 2.05) is 12.1 Å². The zero-order valence-electron chi connectivity index (χ0n) is 19.7. The van der Waals surface area contributed by atoms with E-state index in [1.54, 1.807) is 25.7 Å². The van der Waals surface area contributed by atoms with Crippen molar-refractivity contribution in [2.45, 2.75) is 45.1 Å². The minimum atomic E-state index is -0.211. The lowest BCUT2D eigenvalue weighted by Crippen LogP contribution is -2.65. The second-order valence-corrected chi connectivity index (χ2v) is 9.12. The van der Waals surface area contributed by atoms with E-state index in [0.717, 1.165) is 47.8 Å². The van der Waals surface area contributed by atoms with Gasteiger partial charge in [-0.3, -0.25) is 15.0 Å². The molecule has 1 fully saturated rings. The van der Waals surface area contributed by atoms with Crippen molar-refractivity contribution in [2.24, 2.45) is 5.92 Å². The first-order chi connectivity index (χ1) is 15.4. The summed E-state index contributed by atoms with van der Waals surface area (Å²) in [5, 5.41) is 0. The number of methoxy groups -OCH3 is 1. The molecule has 0 radical (unpaired) electrons. The molecule has 33 heavy (non-hydrogen) atoms. The fraction of sp³-hybridized carbons (Fsp3) is 0.423. The fourth-order valence-corrected chi connectivity index (χ4v) is 4.35. The summed E-state index contributed by atoms with van der Waals surface area (Å²) in [6.07, 6.45) is 6.59. The van der Waals surface area contributed by atoms with Crippen molar-refractivity contribution in [1.82, 2.24) is 15.0 Å². The summed E-state index contributed by atoms with van der Waals surface area (Å²) in [4.78, 5) is 15.9. The molecule has 1 aromatic carbocycles. The van der Waals surface area contributed by atoms with Crippen molar-refractivity contribution in [3.63, 3.8) is 0 Å². The number of aromatic nitrogens is 3. The maximum atomic E-state index is 13.3. The van der Waals surface area contributed by atoms with Gasteiger partial charge in [-0.25, -0.2) is 4.39 Å². The quantitative estimate of drug-likeness (QED) is 0.451. The van der Waals surface area contributed by atoms with E-state index in [0.29, 0.717) is 12.3 Å². The van der Waals surface area contributed by atoms with E-state index in [1.165, 1.54) is 12.1 Å². The van der Waals surface area contributed by atoms with Crippen LogP contribution in [0.1, 0.15) is 49.3 Å². The normalized spacial score (nSPS) is 15.6. The van der Waals surface area contributed by atoms with E-state index in [2.05, 4.69) is 47.8 Å². The Bertz CT molecular complexity index is 1040. The van der Waals surface area contributed by atoms with Crippen LogP contribution < -0.4 is 4.90 Å². The predicted molar refractivity (Wildman–Crippen MR) is 132 cm³/mol. The number of halogens is 2. The van der Waals surface area contributed by atoms with E-state index in [4.69, 9.17) is 9.72 Å². The summed E-state index contributed by atoms with van der Waals surface area (Å²) in [5.74, 6) is 0.465. The fourth-order valence-electron chi connectivity index (χ4n) is 4.35. The summed E-state index contributed by atoms with van der Waals surface area (Å²) in [6.45, 7) is 8.30. The first kappa shape index (κ1) is 25.1. The van der Waals surface area contributed by atoms with Gasteiger partial charge in [-0.15, -0.1) is 12.4 Å². The van der Waals surface area contributed by atoms with Gasteiger partial charge >= 0.3 is 0 Å². The highest BCUT2D eigenvalue weighted by Crippen LogP contribution is 2.36. The summed E-state index contributed by atoms with van der Waals surface area (Å²) in [5.41, 5.74) is 5.06. The molecule has 0 amide bonds. The number of nitrogens with zero attached hydrogens (tertiary/aromatic N) is 4. The molecule has 7 heteroatoms. The number of hydrogen-bond acceptors (Lipinski definition) is 5.